The van der Waals surface area contributed by atoms with Gasteiger partial charge in [0.15, 0.2) is 0 Å². The largest absolute Gasteiger partial charge is 0.330 e. The molecule has 0 fully saturated rings. The maximum atomic E-state index is 5.61. The van der Waals surface area contributed by atoms with Crippen molar-refractivity contribution in [2.45, 2.75) is 26.8 Å². The van der Waals surface area contributed by atoms with Crippen molar-refractivity contribution in [3.63, 3.8) is 0 Å². The van der Waals surface area contributed by atoms with Gasteiger partial charge < -0.3 is 10.6 Å². The Morgan fingerprint density at radius 3 is 2.69 bits per heavy atom. The molecule has 16 heavy (non-hydrogen) atoms. The molecule has 0 bridgehead atoms. The highest BCUT2D eigenvalue weighted by Crippen LogP contribution is 2.20. The van der Waals surface area contributed by atoms with Crippen LogP contribution in [0.5, 0.6) is 0 Å². The van der Waals surface area contributed by atoms with E-state index < -0.39 is 0 Å². The van der Waals surface area contributed by atoms with Gasteiger partial charge in [0.05, 0.1) is 5.69 Å². The fraction of sp³-hybridized carbons (Fsp3) is 0.615. The van der Waals surface area contributed by atoms with Crippen LogP contribution in [0.4, 0.5) is 0 Å². The number of nitrogens with zero attached hydrogens (tertiary/aromatic N) is 2. The molecule has 0 aromatic carbocycles. The zero-order chi connectivity index (χ0) is 12.0. The van der Waals surface area contributed by atoms with Gasteiger partial charge in [0.1, 0.15) is 0 Å². The summed E-state index contributed by atoms with van der Waals surface area (Å²) in [5.74, 6) is 0. The Balaban J connectivity index is 2.44. The quantitative estimate of drug-likeness (QED) is 0.797. The maximum Gasteiger partial charge on any atom is 0.0543 e. The van der Waals surface area contributed by atoms with Crippen LogP contribution in [0.1, 0.15) is 26.0 Å². The number of hydrogen-bond donors (Lipinski definition) is 1. The summed E-state index contributed by atoms with van der Waals surface area (Å²) in [6.07, 6.45) is 2.90. The van der Waals surface area contributed by atoms with E-state index in [9.17, 15) is 0 Å². The Morgan fingerprint density at radius 2 is 2.12 bits per heavy atom. The second-order valence-corrected chi connectivity index (χ2v) is 5.20. The van der Waals surface area contributed by atoms with Gasteiger partial charge in [-0.2, -0.15) is 0 Å². The number of nitrogens with two attached hydrogens (primary N) is 1. The second kappa shape index (κ2) is 5.97. The van der Waals surface area contributed by atoms with Crippen LogP contribution < -0.4 is 5.73 Å². The van der Waals surface area contributed by atoms with E-state index in [0.29, 0.717) is 0 Å². The summed E-state index contributed by atoms with van der Waals surface area (Å²) in [4.78, 5) is 6.63. The first-order chi connectivity index (χ1) is 7.53. The highest BCUT2D eigenvalue weighted by atomic mass is 15.1. The monoisotopic (exact) mass is 221 g/mol. The van der Waals surface area contributed by atoms with Crippen LogP contribution in [0.15, 0.2) is 24.4 Å². The van der Waals surface area contributed by atoms with Gasteiger partial charge in [0.25, 0.3) is 0 Å². The minimum absolute atomic E-state index is 0.276. The van der Waals surface area contributed by atoms with Crippen molar-refractivity contribution in [1.29, 1.82) is 0 Å². The first kappa shape index (κ1) is 13.1. The van der Waals surface area contributed by atoms with Crippen molar-refractivity contribution < 1.29 is 0 Å². The molecule has 1 rings (SSSR count). The number of hydrogen-bond acceptors (Lipinski definition) is 3. The molecule has 0 unspecified atom stereocenters. The summed E-state index contributed by atoms with van der Waals surface area (Å²) >= 11 is 0. The number of pyridine rings is 1. The molecule has 0 radical (unpaired) electrons. The predicted octanol–water partition coefficient (Wildman–Crippen LogP) is 1.89. The third-order valence-corrected chi connectivity index (χ3v) is 2.68. The maximum absolute atomic E-state index is 5.61. The fourth-order valence-electron chi connectivity index (χ4n) is 2.02. The van der Waals surface area contributed by atoms with E-state index in [1.54, 1.807) is 0 Å². The van der Waals surface area contributed by atoms with Crippen LogP contribution in [-0.4, -0.2) is 30.0 Å². The molecular formula is C13H23N3. The van der Waals surface area contributed by atoms with Gasteiger partial charge in [-0.05, 0) is 37.6 Å². The van der Waals surface area contributed by atoms with Crippen LogP contribution in [0.25, 0.3) is 0 Å². The fourth-order valence-corrected chi connectivity index (χ4v) is 2.02. The molecule has 90 valence electrons. The second-order valence-electron chi connectivity index (χ2n) is 5.20. The Hall–Kier alpha value is -0.930. The lowest BCUT2D eigenvalue weighted by molar-refractivity contribution is 0.193. The summed E-state index contributed by atoms with van der Waals surface area (Å²) in [5, 5.41) is 0. The van der Waals surface area contributed by atoms with Crippen LogP contribution in [-0.2, 0) is 6.54 Å². The van der Waals surface area contributed by atoms with Crippen molar-refractivity contribution in [2.75, 3.05) is 20.1 Å². The van der Waals surface area contributed by atoms with Gasteiger partial charge in [0, 0.05) is 19.3 Å². The van der Waals surface area contributed by atoms with Gasteiger partial charge in [-0.25, -0.2) is 0 Å². The summed E-state index contributed by atoms with van der Waals surface area (Å²) < 4.78 is 0. The molecule has 2 N–H and O–H groups in total. The van der Waals surface area contributed by atoms with Crippen molar-refractivity contribution in [3.05, 3.63) is 30.1 Å². The standard InChI is InChI=1S/C13H23N3/c1-13(2,7-8-14)11-16(3)10-12-6-4-5-9-15-12/h4-6,9H,7-8,10-11,14H2,1-3H3. The van der Waals surface area contributed by atoms with Crippen LogP contribution >= 0.6 is 0 Å². The lowest BCUT2D eigenvalue weighted by Gasteiger charge is -2.29. The molecule has 0 spiro atoms. The van der Waals surface area contributed by atoms with E-state index in [-0.39, 0.29) is 5.41 Å². The summed E-state index contributed by atoms with van der Waals surface area (Å²) in [6, 6.07) is 6.04. The molecule has 1 aromatic rings. The van der Waals surface area contributed by atoms with E-state index in [2.05, 4.69) is 36.8 Å². The average Bonchev–Trinajstić information content (AvgIpc) is 2.17. The minimum Gasteiger partial charge on any atom is -0.330 e. The first-order valence-corrected chi connectivity index (χ1v) is 5.82. The van der Waals surface area contributed by atoms with Gasteiger partial charge >= 0.3 is 0 Å². The van der Waals surface area contributed by atoms with Crippen molar-refractivity contribution in [2.24, 2.45) is 11.1 Å². The minimum atomic E-state index is 0.276. The van der Waals surface area contributed by atoms with E-state index in [0.717, 1.165) is 31.7 Å². The van der Waals surface area contributed by atoms with Gasteiger partial charge in [-0.3, -0.25) is 4.98 Å². The Labute approximate surface area is 98.7 Å². The highest BCUT2D eigenvalue weighted by Gasteiger charge is 2.19. The van der Waals surface area contributed by atoms with E-state index in [1.165, 1.54) is 0 Å². The normalized spacial score (nSPS) is 12.1. The van der Waals surface area contributed by atoms with Gasteiger partial charge in [0.2, 0.25) is 0 Å². The molecule has 1 aromatic heterocycles. The molecule has 0 saturated heterocycles. The molecule has 3 nitrogen and oxygen atoms in total. The Morgan fingerprint density at radius 1 is 1.38 bits per heavy atom. The molecule has 0 aliphatic rings. The van der Waals surface area contributed by atoms with Crippen molar-refractivity contribution >= 4 is 0 Å². The lowest BCUT2D eigenvalue weighted by atomic mass is 9.89. The number of aromatic nitrogens is 1. The van der Waals surface area contributed by atoms with E-state index in [4.69, 9.17) is 5.73 Å². The topological polar surface area (TPSA) is 42.2 Å². The molecule has 0 atom stereocenters. The summed E-state index contributed by atoms with van der Waals surface area (Å²) in [6.45, 7) is 7.21. The SMILES string of the molecule is CN(Cc1ccccn1)CC(C)(C)CCN. The smallest absolute Gasteiger partial charge is 0.0543 e. The average molecular weight is 221 g/mol. The molecule has 0 amide bonds. The predicted molar refractivity (Wildman–Crippen MR) is 68.0 cm³/mol. The third-order valence-electron chi connectivity index (χ3n) is 2.68. The first-order valence-electron chi connectivity index (χ1n) is 5.82. The highest BCUT2D eigenvalue weighted by molar-refractivity contribution is 5.03. The van der Waals surface area contributed by atoms with Gasteiger partial charge in [-0.1, -0.05) is 19.9 Å². The molecule has 3 heteroatoms. The summed E-state index contributed by atoms with van der Waals surface area (Å²) in [5.41, 5.74) is 7.01. The van der Waals surface area contributed by atoms with Crippen LogP contribution in [0, 0.1) is 5.41 Å². The molecular weight excluding hydrogens is 198 g/mol. The van der Waals surface area contributed by atoms with Crippen LogP contribution in [0.2, 0.25) is 0 Å². The Kier molecular flexibility index (Phi) is 4.90. The zero-order valence-electron chi connectivity index (χ0n) is 10.6. The lowest BCUT2D eigenvalue weighted by Crippen LogP contribution is -2.32. The molecule has 0 aliphatic carbocycles. The van der Waals surface area contributed by atoms with Gasteiger partial charge in [-0.15, -0.1) is 0 Å². The van der Waals surface area contributed by atoms with Crippen molar-refractivity contribution in [3.8, 4) is 0 Å². The van der Waals surface area contributed by atoms with Crippen LogP contribution in [0.3, 0.4) is 0 Å². The van der Waals surface area contributed by atoms with Crippen molar-refractivity contribution in [1.82, 2.24) is 9.88 Å². The van der Waals surface area contributed by atoms with E-state index >= 15 is 0 Å². The number of rotatable bonds is 6. The van der Waals surface area contributed by atoms with E-state index in [1.807, 2.05) is 18.3 Å². The Bertz CT molecular complexity index is 295. The summed E-state index contributed by atoms with van der Waals surface area (Å²) in [7, 11) is 2.13. The molecule has 1 heterocycles. The third kappa shape index (κ3) is 4.73. The molecule has 0 saturated carbocycles. The zero-order valence-corrected chi connectivity index (χ0v) is 10.6. The molecule has 0 aliphatic heterocycles.